The second kappa shape index (κ2) is 7.27. The number of likely N-dealkylation sites (N-methyl/N-ethyl adjacent to an activating group) is 1. The van der Waals surface area contributed by atoms with Crippen LogP contribution in [0.3, 0.4) is 0 Å². The van der Waals surface area contributed by atoms with Gasteiger partial charge in [-0.25, -0.2) is 0 Å². The van der Waals surface area contributed by atoms with Gasteiger partial charge in [0.1, 0.15) is 6.04 Å². The van der Waals surface area contributed by atoms with E-state index in [4.69, 9.17) is 5.73 Å². The van der Waals surface area contributed by atoms with E-state index in [0.29, 0.717) is 12.3 Å². The summed E-state index contributed by atoms with van der Waals surface area (Å²) < 4.78 is 0. The van der Waals surface area contributed by atoms with Gasteiger partial charge in [-0.05, 0) is 19.3 Å². The lowest BCUT2D eigenvalue weighted by molar-refractivity contribution is -0.134. The third-order valence-electron chi connectivity index (χ3n) is 2.29. The number of nitrogens with one attached hydrogen (secondary N) is 1. The van der Waals surface area contributed by atoms with E-state index in [1.807, 2.05) is 13.8 Å². The molecule has 0 bridgehead atoms. The van der Waals surface area contributed by atoms with Crippen LogP contribution in [0, 0.1) is 5.92 Å². The van der Waals surface area contributed by atoms with Crippen LogP contribution in [-0.2, 0) is 9.59 Å². The Morgan fingerprint density at radius 2 is 1.76 bits per heavy atom. The first kappa shape index (κ1) is 15.9. The molecule has 0 aromatic carbocycles. The number of carbonyl (C=O) groups excluding carboxylic acids is 2. The van der Waals surface area contributed by atoms with Crippen molar-refractivity contribution in [1.82, 2.24) is 10.2 Å². The van der Waals surface area contributed by atoms with Crippen molar-refractivity contribution in [2.45, 2.75) is 45.7 Å². The maximum Gasteiger partial charge on any atom is 0.244 e. The van der Waals surface area contributed by atoms with Crippen LogP contribution in [0.1, 0.15) is 33.6 Å². The van der Waals surface area contributed by atoms with Gasteiger partial charge in [0.2, 0.25) is 11.8 Å². The van der Waals surface area contributed by atoms with Crippen molar-refractivity contribution in [2.24, 2.45) is 11.7 Å². The summed E-state index contributed by atoms with van der Waals surface area (Å²) in [5, 5.41) is 2.75. The van der Waals surface area contributed by atoms with Crippen molar-refractivity contribution >= 4 is 11.8 Å². The van der Waals surface area contributed by atoms with Gasteiger partial charge in [-0.2, -0.15) is 0 Å². The van der Waals surface area contributed by atoms with E-state index in [-0.39, 0.29) is 24.3 Å². The summed E-state index contributed by atoms with van der Waals surface area (Å²) in [6.45, 7) is 5.81. The molecule has 17 heavy (non-hydrogen) atoms. The Kier molecular flexibility index (Phi) is 6.80. The monoisotopic (exact) mass is 243 g/mol. The number of nitrogens with two attached hydrogens (primary N) is 1. The molecule has 0 aliphatic heterocycles. The third-order valence-corrected chi connectivity index (χ3v) is 2.29. The van der Waals surface area contributed by atoms with Gasteiger partial charge in [0.05, 0.1) is 0 Å². The SMILES string of the molecule is CC(C)CC(NC(=O)CC(C)N)C(=O)N(C)C. The first-order chi connectivity index (χ1) is 7.73. The Morgan fingerprint density at radius 1 is 1.24 bits per heavy atom. The lowest BCUT2D eigenvalue weighted by Crippen LogP contribution is -2.47. The molecule has 0 spiro atoms. The quantitative estimate of drug-likeness (QED) is 0.706. The molecule has 2 amide bonds. The highest BCUT2D eigenvalue weighted by Gasteiger charge is 2.23. The van der Waals surface area contributed by atoms with Gasteiger partial charge < -0.3 is 16.0 Å². The predicted molar refractivity (Wildman–Crippen MR) is 68.3 cm³/mol. The molecule has 0 rings (SSSR count). The number of carbonyl (C=O) groups is 2. The van der Waals surface area contributed by atoms with Gasteiger partial charge in [-0.3, -0.25) is 9.59 Å². The minimum atomic E-state index is -0.448. The van der Waals surface area contributed by atoms with E-state index in [9.17, 15) is 9.59 Å². The van der Waals surface area contributed by atoms with Gasteiger partial charge >= 0.3 is 0 Å². The highest BCUT2D eigenvalue weighted by Crippen LogP contribution is 2.07. The van der Waals surface area contributed by atoms with Crippen LogP contribution < -0.4 is 11.1 Å². The Bertz CT molecular complexity index is 262. The zero-order chi connectivity index (χ0) is 13.6. The van der Waals surface area contributed by atoms with Gasteiger partial charge in [-0.1, -0.05) is 13.8 Å². The summed E-state index contributed by atoms with van der Waals surface area (Å²) in [5.74, 6) is 0.108. The molecular formula is C12H25N3O2. The van der Waals surface area contributed by atoms with Gasteiger partial charge in [0.15, 0.2) is 0 Å². The second-order valence-corrected chi connectivity index (χ2v) is 5.16. The molecule has 2 atom stereocenters. The third kappa shape index (κ3) is 6.94. The lowest BCUT2D eigenvalue weighted by Gasteiger charge is -2.23. The first-order valence-corrected chi connectivity index (χ1v) is 6.00. The number of nitrogens with zero attached hydrogens (tertiary/aromatic N) is 1. The predicted octanol–water partition coefficient (Wildman–Crippen LogP) is 0.343. The summed E-state index contributed by atoms with van der Waals surface area (Å²) in [7, 11) is 3.38. The summed E-state index contributed by atoms with van der Waals surface area (Å²) in [6, 6.07) is -0.639. The van der Waals surface area contributed by atoms with Gasteiger partial charge in [0, 0.05) is 26.6 Å². The van der Waals surface area contributed by atoms with Crippen LogP contribution in [-0.4, -0.2) is 42.9 Å². The molecule has 5 nitrogen and oxygen atoms in total. The Labute approximate surface area is 104 Å². The molecule has 0 aliphatic carbocycles. The first-order valence-electron chi connectivity index (χ1n) is 6.00. The fraction of sp³-hybridized carbons (Fsp3) is 0.833. The lowest BCUT2D eigenvalue weighted by atomic mass is 10.0. The van der Waals surface area contributed by atoms with E-state index in [1.165, 1.54) is 4.90 Å². The maximum atomic E-state index is 11.9. The summed E-state index contributed by atoms with van der Waals surface area (Å²) in [6.07, 6.45) is 0.886. The molecule has 0 saturated carbocycles. The maximum absolute atomic E-state index is 11.9. The fourth-order valence-corrected chi connectivity index (χ4v) is 1.55. The average Bonchev–Trinajstić information content (AvgIpc) is 2.13. The highest BCUT2D eigenvalue weighted by atomic mass is 16.2. The van der Waals surface area contributed by atoms with E-state index >= 15 is 0 Å². The van der Waals surface area contributed by atoms with E-state index in [1.54, 1.807) is 21.0 Å². The van der Waals surface area contributed by atoms with E-state index in [2.05, 4.69) is 5.32 Å². The molecule has 0 aromatic rings. The molecule has 0 aromatic heterocycles. The minimum absolute atomic E-state index is 0.0725. The molecule has 5 heteroatoms. The van der Waals surface area contributed by atoms with Crippen molar-refractivity contribution in [3.05, 3.63) is 0 Å². The number of amides is 2. The highest BCUT2D eigenvalue weighted by molar-refractivity contribution is 5.87. The molecule has 0 fully saturated rings. The smallest absolute Gasteiger partial charge is 0.244 e. The molecule has 0 saturated heterocycles. The minimum Gasteiger partial charge on any atom is -0.347 e. The van der Waals surface area contributed by atoms with Crippen molar-refractivity contribution in [1.29, 1.82) is 0 Å². The summed E-state index contributed by atoms with van der Waals surface area (Å²) >= 11 is 0. The second-order valence-electron chi connectivity index (χ2n) is 5.16. The van der Waals surface area contributed by atoms with Crippen molar-refractivity contribution in [3.8, 4) is 0 Å². The molecule has 3 N–H and O–H groups in total. The largest absolute Gasteiger partial charge is 0.347 e. The zero-order valence-electron chi connectivity index (χ0n) is 11.5. The molecule has 100 valence electrons. The topological polar surface area (TPSA) is 75.4 Å². The normalized spacial score (nSPS) is 14.3. The van der Waals surface area contributed by atoms with E-state index < -0.39 is 6.04 Å². The van der Waals surface area contributed by atoms with Crippen LogP contribution in [0.15, 0.2) is 0 Å². The van der Waals surface area contributed by atoms with Gasteiger partial charge in [0.25, 0.3) is 0 Å². The average molecular weight is 243 g/mol. The van der Waals surface area contributed by atoms with Crippen LogP contribution in [0.5, 0.6) is 0 Å². The standard InChI is InChI=1S/C12H25N3O2/c1-8(2)6-10(12(17)15(4)5)14-11(16)7-9(3)13/h8-10H,6-7,13H2,1-5H3,(H,14,16). The Hall–Kier alpha value is -1.10. The molecule has 0 radical (unpaired) electrons. The number of rotatable bonds is 6. The number of hydrogen-bond acceptors (Lipinski definition) is 3. The molecule has 0 heterocycles. The van der Waals surface area contributed by atoms with Crippen LogP contribution in [0.4, 0.5) is 0 Å². The van der Waals surface area contributed by atoms with Crippen molar-refractivity contribution in [3.63, 3.8) is 0 Å². The van der Waals surface area contributed by atoms with Crippen molar-refractivity contribution < 1.29 is 9.59 Å². The van der Waals surface area contributed by atoms with Crippen LogP contribution in [0.25, 0.3) is 0 Å². The van der Waals surface area contributed by atoms with Gasteiger partial charge in [-0.15, -0.1) is 0 Å². The van der Waals surface area contributed by atoms with Crippen LogP contribution in [0.2, 0.25) is 0 Å². The zero-order valence-corrected chi connectivity index (χ0v) is 11.5. The fourth-order valence-electron chi connectivity index (χ4n) is 1.55. The van der Waals surface area contributed by atoms with Crippen molar-refractivity contribution in [2.75, 3.05) is 14.1 Å². The van der Waals surface area contributed by atoms with Crippen LogP contribution >= 0.6 is 0 Å². The summed E-state index contributed by atoms with van der Waals surface area (Å²) in [4.78, 5) is 25.0. The Balaban J connectivity index is 4.48. The summed E-state index contributed by atoms with van der Waals surface area (Å²) in [5.41, 5.74) is 5.55. The molecular weight excluding hydrogens is 218 g/mol. The molecule has 2 unspecified atom stereocenters. The Morgan fingerprint density at radius 3 is 2.12 bits per heavy atom. The van der Waals surface area contributed by atoms with E-state index in [0.717, 1.165) is 0 Å². The number of hydrogen-bond donors (Lipinski definition) is 2. The molecule has 0 aliphatic rings.